The maximum Gasteiger partial charge on any atom is 0.271 e. The number of hydrogen-bond donors (Lipinski definition) is 1. The van der Waals surface area contributed by atoms with Crippen LogP contribution in [0.3, 0.4) is 0 Å². The normalized spacial score (nSPS) is 10.5. The van der Waals surface area contributed by atoms with Crippen LogP contribution in [0, 0.1) is 27.2 Å². The quantitative estimate of drug-likeness (QED) is 0.513. The standard InChI is InChI=1S/C16H13N3O5/c1-11-5-7-14(19(23)24)10-15(11)17-16(20)8-6-12-3-2-4-13(9-12)18(21)22/h2-10H,1H3,(H,17,20). The van der Waals surface area contributed by atoms with Gasteiger partial charge >= 0.3 is 0 Å². The molecule has 0 aromatic heterocycles. The molecule has 1 amide bonds. The van der Waals surface area contributed by atoms with Gasteiger partial charge in [-0.15, -0.1) is 0 Å². The summed E-state index contributed by atoms with van der Waals surface area (Å²) in [6.45, 7) is 1.71. The number of nitrogens with zero attached hydrogens (tertiary/aromatic N) is 2. The Balaban J connectivity index is 2.13. The van der Waals surface area contributed by atoms with Gasteiger partial charge in [-0.25, -0.2) is 0 Å². The van der Waals surface area contributed by atoms with Gasteiger partial charge in [0.15, 0.2) is 0 Å². The number of amides is 1. The fourth-order valence-electron chi connectivity index (χ4n) is 1.95. The van der Waals surface area contributed by atoms with Gasteiger partial charge in [0.1, 0.15) is 0 Å². The van der Waals surface area contributed by atoms with E-state index < -0.39 is 15.8 Å². The molecule has 0 fully saturated rings. The molecule has 0 aliphatic rings. The van der Waals surface area contributed by atoms with Gasteiger partial charge in [0.05, 0.1) is 15.5 Å². The van der Waals surface area contributed by atoms with Crippen LogP contribution in [-0.2, 0) is 4.79 Å². The Morgan fingerprint density at radius 1 is 1.04 bits per heavy atom. The molecule has 0 aliphatic heterocycles. The number of anilines is 1. The van der Waals surface area contributed by atoms with Crippen LogP contribution >= 0.6 is 0 Å². The van der Waals surface area contributed by atoms with Crippen molar-refractivity contribution in [3.63, 3.8) is 0 Å². The zero-order valence-electron chi connectivity index (χ0n) is 12.6. The fraction of sp³-hybridized carbons (Fsp3) is 0.0625. The first-order chi connectivity index (χ1) is 11.4. The van der Waals surface area contributed by atoms with Crippen molar-refractivity contribution in [2.45, 2.75) is 6.92 Å². The summed E-state index contributed by atoms with van der Waals surface area (Å²) in [7, 11) is 0. The van der Waals surface area contributed by atoms with Crippen LogP contribution in [0.2, 0.25) is 0 Å². The van der Waals surface area contributed by atoms with Gasteiger partial charge in [-0.1, -0.05) is 18.2 Å². The highest BCUT2D eigenvalue weighted by Gasteiger charge is 2.10. The first-order valence-corrected chi connectivity index (χ1v) is 6.85. The van der Waals surface area contributed by atoms with Gasteiger partial charge in [0.25, 0.3) is 11.4 Å². The molecule has 0 spiro atoms. The molecule has 8 nitrogen and oxygen atoms in total. The summed E-state index contributed by atoms with van der Waals surface area (Å²) in [6.07, 6.45) is 2.63. The molecule has 0 atom stereocenters. The number of carbonyl (C=O) groups excluding carboxylic acids is 1. The summed E-state index contributed by atoms with van der Waals surface area (Å²) in [5, 5.41) is 24.0. The van der Waals surface area contributed by atoms with E-state index in [2.05, 4.69) is 5.32 Å². The molecule has 1 N–H and O–H groups in total. The van der Waals surface area contributed by atoms with Crippen molar-refractivity contribution in [3.05, 3.63) is 79.9 Å². The lowest BCUT2D eigenvalue weighted by atomic mass is 10.1. The minimum atomic E-state index is -0.548. The van der Waals surface area contributed by atoms with E-state index in [-0.39, 0.29) is 11.4 Å². The van der Waals surface area contributed by atoms with Gasteiger partial charge < -0.3 is 5.32 Å². The SMILES string of the molecule is Cc1ccc([N+](=O)[O-])cc1NC(=O)C=Cc1cccc([N+](=O)[O-])c1. The van der Waals surface area contributed by atoms with E-state index in [4.69, 9.17) is 0 Å². The van der Waals surface area contributed by atoms with E-state index in [1.54, 1.807) is 13.0 Å². The molecule has 2 aromatic rings. The van der Waals surface area contributed by atoms with Crippen molar-refractivity contribution >= 4 is 29.0 Å². The van der Waals surface area contributed by atoms with Crippen LogP contribution in [0.4, 0.5) is 17.1 Å². The molecule has 122 valence electrons. The highest BCUT2D eigenvalue weighted by Crippen LogP contribution is 2.22. The minimum absolute atomic E-state index is 0.0768. The average Bonchev–Trinajstić information content (AvgIpc) is 2.55. The largest absolute Gasteiger partial charge is 0.322 e. The van der Waals surface area contributed by atoms with E-state index in [1.165, 1.54) is 48.6 Å². The molecule has 2 rings (SSSR count). The Morgan fingerprint density at radius 3 is 2.38 bits per heavy atom. The predicted molar refractivity (Wildman–Crippen MR) is 88.6 cm³/mol. The molecule has 0 radical (unpaired) electrons. The summed E-state index contributed by atoms with van der Waals surface area (Å²) < 4.78 is 0. The Hall–Kier alpha value is -3.55. The first kappa shape index (κ1) is 16.8. The predicted octanol–water partition coefficient (Wildman–Crippen LogP) is 3.46. The second-order valence-electron chi connectivity index (χ2n) is 4.93. The third-order valence-corrected chi connectivity index (χ3v) is 3.20. The Bertz CT molecular complexity index is 845. The van der Waals surface area contributed by atoms with Crippen LogP contribution in [0.25, 0.3) is 6.08 Å². The van der Waals surface area contributed by atoms with Gasteiger partial charge in [-0.05, 0) is 24.1 Å². The molecule has 24 heavy (non-hydrogen) atoms. The lowest BCUT2D eigenvalue weighted by molar-refractivity contribution is -0.385. The van der Waals surface area contributed by atoms with E-state index in [0.717, 1.165) is 0 Å². The van der Waals surface area contributed by atoms with Crippen LogP contribution in [0.1, 0.15) is 11.1 Å². The van der Waals surface area contributed by atoms with Gasteiger partial charge in [0, 0.05) is 30.3 Å². The lowest BCUT2D eigenvalue weighted by Gasteiger charge is -2.05. The van der Waals surface area contributed by atoms with Gasteiger partial charge in [0.2, 0.25) is 5.91 Å². The van der Waals surface area contributed by atoms with Crippen molar-refractivity contribution in [1.82, 2.24) is 0 Å². The fourth-order valence-corrected chi connectivity index (χ4v) is 1.95. The van der Waals surface area contributed by atoms with E-state index >= 15 is 0 Å². The monoisotopic (exact) mass is 327 g/mol. The second-order valence-corrected chi connectivity index (χ2v) is 4.93. The second kappa shape index (κ2) is 7.14. The van der Waals surface area contributed by atoms with Crippen LogP contribution in [-0.4, -0.2) is 15.8 Å². The molecule has 0 unspecified atom stereocenters. The molecular formula is C16H13N3O5. The van der Waals surface area contributed by atoms with Crippen LogP contribution in [0.5, 0.6) is 0 Å². The summed E-state index contributed by atoms with van der Waals surface area (Å²) in [4.78, 5) is 32.3. The molecule has 8 heteroatoms. The Kier molecular flexibility index (Phi) is 5.00. The number of aryl methyl sites for hydroxylation is 1. The van der Waals surface area contributed by atoms with Crippen molar-refractivity contribution in [1.29, 1.82) is 0 Å². The number of hydrogen-bond acceptors (Lipinski definition) is 5. The van der Waals surface area contributed by atoms with Gasteiger partial charge in [-0.3, -0.25) is 25.0 Å². The van der Waals surface area contributed by atoms with Crippen LogP contribution < -0.4 is 5.32 Å². The molecule has 0 saturated carbocycles. The van der Waals surface area contributed by atoms with Crippen molar-refractivity contribution in [2.24, 2.45) is 0 Å². The number of nitro groups is 2. The lowest BCUT2D eigenvalue weighted by Crippen LogP contribution is -2.09. The van der Waals surface area contributed by atoms with E-state index in [1.807, 2.05) is 0 Å². The molecule has 0 heterocycles. The number of rotatable bonds is 5. The number of benzene rings is 2. The highest BCUT2D eigenvalue weighted by atomic mass is 16.6. The van der Waals surface area contributed by atoms with Crippen molar-refractivity contribution < 1.29 is 14.6 Å². The molecule has 2 aromatic carbocycles. The number of non-ortho nitro benzene ring substituents is 2. The first-order valence-electron chi connectivity index (χ1n) is 6.85. The van der Waals surface area contributed by atoms with Crippen LogP contribution in [0.15, 0.2) is 48.5 Å². The number of carbonyl (C=O) groups is 1. The van der Waals surface area contributed by atoms with E-state index in [9.17, 15) is 25.0 Å². The molecule has 0 saturated heterocycles. The molecule has 0 bridgehead atoms. The molecule has 0 aliphatic carbocycles. The summed E-state index contributed by atoms with van der Waals surface area (Å²) in [6, 6.07) is 9.98. The Labute approximate surface area is 136 Å². The van der Waals surface area contributed by atoms with E-state index in [0.29, 0.717) is 16.8 Å². The number of nitro benzene ring substituents is 2. The van der Waals surface area contributed by atoms with Crippen molar-refractivity contribution in [3.8, 4) is 0 Å². The Morgan fingerprint density at radius 2 is 1.71 bits per heavy atom. The van der Waals surface area contributed by atoms with Gasteiger partial charge in [-0.2, -0.15) is 0 Å². The maximum absolute atomic E-state index is 11.9. The zero-order chi connectivity index (χ0) is 17.7. The topological polar surface area (TPSA) is 115 Å². The summed E-state index contributed by atoms with van der Waals surface area (Å²) in [5.74, 6) is -0.495. The third-order valence-electron chi connectivity index (χ3n) is 3.20. The minimum Gasteiger partial charge on any atom is -0.322 e. The summed E-state index contributed by atoms with van der Waals surface area (Å²) in [5.41, 5.74) is 1.30. The smallest absolute Gasteiger partial charge is 0.271 e. The summed E-state index contributed by atoms with van der Waals surface area (Å²) >= 11 is 0. The zero-order valence-corrected chi connectivity index (χ0v) is 12.6. The highest BCUT2D eigenvalue weighted by molar-refractivity contribution is 6.02. The maximum atomic E-state index is 11.9. The molecular weight excluding hydrogens is 314 g/mol. The average molecular weight is 327 g/mol. The third kappa shape index (κ3) is 4.23. The number of nitrogens with one attached hydrogen (secondary N) is 1. The van der Waals surface area contributed by atoms with Crippen molar-refractivity contribution in [2.75, 3.05) is 5.32 Å².